The van der Waals surface area contributed by atoms with Gasteiger partial charge in [0.25, 0.3) is 0 Å². The first-order chi connectivity index (χ1) is 34.8. The second-order valence-corrected chi connectivity index (χ2v) is 24.5. The maximum Gasteiger partial charge on any atom is 0.243 e. The Morgan fingerprint density at radius 1 is 0.452 bits per heavy atom. The Kier molecular flexibility index (Phi) is 17.9. The predicted octanol–water partition coefficient (Wildman–Crippen LogP) is 11.2. The van der Waals surface area contributed by atoms with Crippen LogP contribution in [0.3, 0.4) is 0 Å². The number of Topliss-reactive ketones (excluding diaryl/α,β-unsaturated/α-hetero) is 1. The lowest BCUT2D eigenvalue weighted by atomic mass is 9.96. The summed E-state index contributed by atoms with van der Waals surface area (Å²) in [5.74, 6) is -0.0874. The van der Waals surface area contributed by atoms with E-state index in [4.69, 9.17) is 0 Å². The second kappa shape index (κ2) is 23.8. The molecule has 14 heteroatoms. The standard InChI is InChI=1S/C20H23NO3S.C20H21NO3S.C19H21NO2S/c2*1-15-8-11-19(12-9-15)25(23,24)21-14-18(16(2)22)10-13-20(21)17-6-4-3-5-7-17;1-15-8-11-18(12-9-15)23(21,22)20-14-16(2)10-13-19(20)17-6-4-3-5-7-17/h3-12,16,20,22H,13-14H2,1-2H3;3-12,20H,13-14H2,1-2H3;3-12,19H,13-14H2,1-2H3/t16?,20-;;19-/m1.0/s1. The summed E-state index contributed by atoms with van der Waals surface area (Å²) in [6.07, 6.45) is 7.05. The fraction of sp³-hybridized carbons (Fsp3) is 0.271. The van der Waals surface area contributed by atoms with E-state index in [1.807, 2.05) is 143 Å². The van der Waals surface area contributed by atoms with Crippen molar-refractivity contribution in [2.75, 3.05) is 19.6 Å². The van der Waals surface area contributed by atoms with Crippen molar-refractivity contribution >= 4 is 35.9 Å². The van der Waals surface area contributed by atoms with Gasteiger partial charge in [0.05, 0.1) is 38.9 Å². The highest BCUT2D eigenvalue weighted by molar-refractivity contribution is 7.89. The van der Waals surface area contributed by atoms with Crippen LogP contribution in [0.1, 0.15) is 91.5 Å². The van der Waals surface area contributed by atoms with E-state index in [1.165, 1.54) is 15.5 Å². The number of carbonyl (C=O) groups excluding carboxylic acids is 1. The Morgan fingerprint density at radius 3 is 1.11 bits per heavy atom. The van der Waals surface area contributed by atoms with Gasteiger partial charge in [0.15, 0.2) is 5.78 Å². The number of hydrogen-bond donors (Lipinski definition) is 1. The number of aryl methyl sites for hydroxylation is 3. The Morgan fingerprint density at radius 2 is 0.767 bits per heavy atom. The molecule has 0 saturated carbocycles. The van der Waals surface area contributed by atoms with Crippen molar-refractivity contribution in [2.24, 2.45) is 0 Å². The van der Waals surface area contributed by atoms with Gasteiger partial charge in [-0.05, 0) is 119 Å². The highest BCUT2D eigenvalue weighted by Crippen LogP contribution is 2.38. The zero-order valence-electron chi connectivity index (χ0n) is 42.2. The highest BCUT2D eigenvalue weighted by atomic mass is 32.2. The summed E-state index contributed by atoms with van der Waals surface area (Å²) >= 11 is 0. The molecule has 3 heterocycles. The second-order valence-electron chi connectivity index (χ2n) is 18.9. The Labute approximate surface area is 433 Å². The molecule has 4 atom stereocenters. The summed E-state index contributed by atoms with van der Waals surface area (Å²) in [5.41, 5.74) is 8.36. The molecule has 11 nitrogen and oxygen atoms in total. The van der Waals surface area contributed by atoms with Crippen molar-refractivity contribution in [1.29, 1.82) is 0 Å². The Balaban J connectivity index is 0.000000160. The van der Waals surface area contributed by atoms with Gasteiger partial charge in [0, 0.05) is 25.2 Å². The van der Waals surface area contributed by atoms with Crippen LogP contribution >= 0.6 is 0 Å². The molecular formula is C59H65N3O8S3. The largest absolute Gasteiger partial charge is 0.389 e. The lowest BCUT2D eigenvalue weighted by molar-refractivity contribution is -0.113. The maximum absolute atomic E-state index is 13.3. The average molecular weight is 1040 g/mol. The van der Waals surface area contributed by atoms with Crippen molar-refractivity contribution in [2.45, 2.75) is 99.7 Å². The first kappa shape index (κ1) is 54.7. The molecular weight excluding hydrogens is 975 g/mol. The Hall–Kier alpha value is -6.10. The lowest BCUT2D eigenvalue weighted by Gasteiger charge is -2.35. The molecule has 1 N–H and O–H groups in total. The molecule has 2 unspecified atom stereocenters. The number of hydrogen-bond acceptors (Lipinski definition) is 8. The lowest BCUT2D eigenvalue weighted by Crippen LogP contribution is -2.40. The molecule has 0 spiro atoms. The van der Waals surface area contributed by atoms with Crippen LogP contribution in [0, 0.1) is 20.8 Å². The summed E-state index contributed by atoms with van der Waals surface area (Å²) in [7, 11) is -10.9. The number of aliphatic hydroxyl groups excluding tert-OH is 1. The van der Waals surface area contributed by atoms with Gasteiger partial charge in [0.1, 0.15) is 0 Å². The molecule has 0 radical (unpaired) electrons. The molecule has 0 bridgehead atoms. The van der Waals surface area contributed by atoms with E-state index in [2.05, 4.69) is 6.08 Å². The van der Waals surface area contributed by atoms with Gasteiger partial charge in [-0.25, -0.2) is 25.3 Å². The smallest absolute Gasteiger partial charge is 0.243 e. The van der Waals surface area contributed by atoms with Gasteiger partial charge in [-0.15, -0.1) is 0 Å². The first-order valence-electron chi connectivity index (χ1n) is 24.4. The van der Waals surface area contributed by atoms with Crippen LogP contribution in [0.2, 0.25) is 0 Å². The van der Waals surface area contributed by atoms with Gasteiger partial charge in [0.2, 0.25) is 30.1 Å². The van der Waals surface area contributed by atoms with Crippen LogP contribution in [0.15, 0.2) is 213 Å². The number of aliphatic hydroxyl groups is 1. The van der Waals surface area contributed by atoms with Crippen LogP contribution in [0.4, 0.5) is 0 Å². The number of rotatable bonds is 11. The van der Waals surface area contributed by atoms with Crippen LogP contribution in [0.25, 0.3) is 0 Å². The summed E-state index contributed by atoms with van der Waals surface area (Å²) in [4.78, 5) is 12.7. The molecule has 6 aromatic carbocycles. The van der Waals surface area contributed by atoms with Crippen molar-refractivity contribution < 1.29 is 35.2 Å². The van der Waals surface area contributed by atoms with E-state index in [0.29, 0.717) is 36.3 Å². The third-order valence-electron chi connectivity index (χ3n) is 13.4. The number of nitrogens with zero attached hydrogens (tertiary/aromatic N) is 3. The van der Waals surface area contributed by atoms with Crippen LogP contribution in [-0.4, -0.2) is 74.8 Å². The minimum Gasteiger partial charge on any atom is -0.389 e. The van der Waals surface area contributed by atoms with Crippen molar-refractivity contribution in [3.05, 3.63) is 232 Å². The molecule has 3 aliphatic rings. The van der Waals surface area contributed by atoms with E-state index in [9.17, 15) is 35.2 Å². The van der Waals surface area contributed by atoms with E-state index in [0.717, 1.165) is 44.5 Å². The molecule has 73 heavy (non-hydrogen) atoms. The molecule has 9 rings (SSSR count). The first-order valence-corrected chi connectivity index (χ1v) is 28.7. The third kappa shape index (κ3) is 13.2. The predicted molar refractivity (Wildman–Crippen MR) is 289 cm³/mol. The van der Waals surface area contributed by atoms with Crippen LogP contribution in [0.5, 0.6) is 0 Å². The third-order valence-corrected chi connectivity index (χ3v) is 19.0. The molecule has 0 fully saturated rings. The fourth-order valence-corrected chi connectivity index (χ4v) is 14.0. The van der Waals surface area contributed by atoms with Gasteiger partial charge >= 0.3 is 0 Å². The number of benzene rings is 6. The molecule has 0 amide bonds. The molecule has 0 saturated heterocycles. The van der Waals surface area contributed by atoms with E-state index in [1.54, 1.807) is 71.9 Å². The summed E-state index contributed by atoms with van der Waals surface area (Å²) < 4.78 is 83.8. The topological polar surface area (TPSA) is 149 Å². The summed E-state index contributed by atoms with van der Waals surface area (Å²) in [5, 5.41) is 9.93. The summed E-state index contributed by atoms with van der Waals surface area (Å²) in [6, 6.07) is 49.1. The molecule has 3 aliphatic heterocycles. The average Bonchev–Trinajstić information content (AvgIpc) is 3.39. The normalized spacial score (nSPS) is 19.4. The van der Waals surface area contributed by atoms with Crippen molar-refractivity contribution in [3.8, 4) is 0 Å². The van der Waals surface area contributed by atoms with E-state index in [-0.39, 0.29) is 46.8 Å². The van der Waals surface area contributed by atoms with Crippen molar-refractivity contribution in [1.82, 2.24) is 12.9 Å². The maximum atomic E-state index is 13.3. The number of ketones is 1. The Bertz CT molecular complexity index is 3270. The summed E-state index contributed by atoms with van der Waals surface area (Å²) in [6.45, 7) is 11.7. The quantitative estimate of drug-likeness (QED) is 0.126. The number of carbonyl (C=O) groups is 1. The zero-order chi connectivity index (χ0) is 52.5. The van der Waals surface area contributed by atoms with Crippen molar-refractivity contribution in [3.63, 3.8) is 0 Å². The molecule has 382 valence electrons. The minimum atomic E-state index is -3.70. The molecule has 0 aromatic heterocycles. The zero-order valence-corrected chi connectivity index (χ0v) is 44.7. The fourth-order valence-electron chi connectivity index (χ4n) is 9.08. The van der Waals surface area contributed by atoms with Gasteiger partial charge in [-0.2, -0.15) is 12.9 Å². The van der Waals surface area contributed by atoms with Crippen LogP contribution in [-0.2, 0) is 34.9 Å². The number of sulfonamides is 3. The molecule has 6 aromatic rings. The highest BCUT2D eigenvalue weighted by Gasteiger charge is 2.38. The minimum absolute atomic E-state index is 0.0874. The SMILES string of the molecule is CC(=O)C1=CCC(c2ccccc2)N(S(=O)(=O)c2ccc(C)cc2)C1.CC1=CC[C@@H](c2ccccc2)N(S(=O)(=O)c2ccc(C)cc2)C1.Cc1ccc(S(=O)(=O)N2CC(C(C)O)=CC[C@@H]2c2ccccc2)cc1. The van der Waals surface area contributed by atoms with Gasteiger partial charge in [-0.3, -0.25) is 4.79 Å². The van der Waals surface area contributed by atoms with Crippen LogP contribution < -0.4 is 0 Å². The monoisotopic (exact) mass is 1040 g/mol. The molecule has 0 aliphatic carbocycles. The van der Waals surface area contributed by atoms with E-state index >= 15 is 0 Å². The van der Waals surface area contributed by atoms with Gasteiger partial charge < -0.3 is 5.11 Å². The van der Waals surface area contributed by atoms with E-state index < -0.39 is 36.2 Å². The van der Waals surface area contributed by atoms with Gasteiger partial charge in [-0.1, -0.05) is 168 Å².